The van der Waals surface area contributed by atoms with Crippen LogP contribution in [0.5, 0.6) is 0 Å². The zero-order valence-electron chi connectivity index (χ0n) is 10.4. The fourth-order valence-electron chi connectivity index (χ4n) is 1.42. The molecule has 2 N–H and O–H groups in total. The summed E-state index contributed by atoms with van der Waals surface area (Å²) in [6, 6.07) is 0. The number of H-pyrrole nitrogens is 1. The molecule has 7 nitrogen and oxygen atoms in total. The first-order chi connectivity index (χ1) is 8.49. The lowest BCUT2D eigenvalue weighted by atomic mass is 10.0. The van der Waals surface area contributed by atoms with E-state index in [4.69, 9.17) is 0 Å². The van der Waals surface area contributed by atoms with Crippen molar-refractivity contribution in [2.45, 2.75) is 26.3 Å². The molecule has 2 rings (SSSR count). The Balaban J connectivity index is 2.14. The van der Waals surface area contributed by atoms with Crippen LogP contribution in [0.25, 0.3) is 0 Å². The van der Waals surface area contributed by atoms with E-state index in [2.05, 4.69) is 30.5 Å². The van der Waals surface area contributed by atoms with Crippen LogP contribution in [0.3, 0.4) is 0 Å². The molecule has 0 atom stereocenters. The molecule has 94 valence electrons. The van der Waals surface area contributed by atoms with Crippen LogP contribution in [0.15, 0.2) is 18.7 Å². The third-order valence-electron chi connectivity index (χ3n) is 2.45. The Morgan fingerprint density at radius 1 is 1.28 bits per heavy atom. The highest BCUT2D eigenvalue weighted by Crippen LogP contribution is 2.14. The van der Waals surface area contributed by atoms with E-state index in [1.807, 2.05) is 20.8 Å². The van der Waals surface area contributed by atoms with Gasteiger partial charge >= 0.3 is 0 Å². The van der Waals surface area contributed by atoms with E-state index in [1.165, 1.54) is 12.5 Å². The number of aromatic nitrogens is 5. The Bertz CT molecular complexity index is 531. The maximum absolute atomic E-state index is 12.0. The molecule has 0 aliphatic rings. The number of nitrogens with one attached hydrogen (secondary N) is 2. The van der Waals surface area contributed by atoms with Gasteiger partial charge in [-0.15, -0.1) is 0 Å². The summed E-state index contributed by atoms with van der Waals surface area (Å²) in [6.45, 7) is 5.47. The number of carbonyl (C=O) groups is 1. The topological polar surface area (TPSA) is 96.5 Å². The lowest BCUT2D eigenvalue weighted by Gasteiger charge is -2.23. The fraction of sp³-hybridized carbons (Fsp3) is 0.364. The van der Waals surface area contributed by atoms with Crippen molar-refractivity contribution in [3.8, 4) is 0 Å². The van der Waals surface area contributed by atoms with Gasteiger partial charge in [-0.05, 0) is 20.8 Å². The molecule has 2 heterocycles. The number of hydrogen-bond acceptors (Lipinski definition) is 5. The summed E-state index contributed by atoms with van der Waals surface area (Å²) in [5.41, 5.74) is 0.384. The molecular weight excluding hydrogens is 232 g/mol. The quantitative estimate of drug-likeness (QED) is 0.825. The summed E-state index contributed by atoms with van der Waals surface area (Å²) < 4.78 is 0. The van der Waals surface area contributed by atoms with Gasteiger partial charge in [-0.25, -0.2) is 9.97 Å². The molecule has 0 radical (unpaired) electrons. The standard InChI is InChI=1S/C11H14N6O/c1-7-4-13-8(5-12-7)9(18)16-11(2,3)10-14-6-15-17-10/h4-6H,1-3H3,(H,16,18)(H,14,15,17). The molecule has 0 unspecified atom stereocenters. The van der Waals surface area contributed by atoms with Crippen LogP contribution in [-0.4, -0.2) is 31.1 Å². The van der Waals surface area contributed by atoms with E-state index in [-0.39, 0.29) is 11.6 Å². The molecule has 0 fully saturated rings. The van der Waals surface area contributed by atoms with Crippen molar-refractivity contribution >= 4 is 5.91 Å². The summed E-state index contributed by atoms with van der Waals surface area (Å²) in [6.07, 6.45) is 4.40. The monoisotopic (exact) mass is 246 g/mol. The second-order valence-corrected chi connectivity index (χ2v) is 4.46. The Morgan fingerprint density at radius 2 is 2.06 bits per heavy atom. The van der Waals surface area contributed by atoms with Crippen molar-refractivity contribution < 1.29 is 4.79 Å². The van der Waals surface area contributed by atoms with Gasteiger partial charge in [0.1, 0.15) is 17.8 Å². The molecule has 0 saturated carbocycles. The van der Waals surface area contributed by atoms with Gasteiger partial charge < -0.3 is 5.32 Å². The lowest BCUT2D eigenvalue weighted by Crippen LogP contribution is -2.42. The predicted molar refractivity (Wildman–Crippen MR) is 63.6 cm³/mol. The van der Waals surface area contributed by atoms with Crippen LogP contribution < -0.4 is 5.32 Å². The number of aryl methyl sites for hydroxylation is 1. The summed E-state index contributed by atoms with van der Waals surface area (Å²) in [5, 5.41) is 9.32. The van der Waals surface area contributed by atoms with Crippen molar-refractivity contribution in [2.75, 3.05) is 0 Å². The lowest BCUT2D eigenvalue weighted by molar-refractivity contribution is 0.0903. The SMILES string of the molecule is Cc1cnc(C(=O)NC(C)(C)c2ncn[nH]2)cn1. The van der Waals surface area contributed by atoms with Crippen LogP contribution in [0.2, 0.25) is 0 Å². The zero-order chi connectivity index (χ0) is 13.2. The molecule has 0 saturated heterocycles. The van der Waals surface area contributed by atoms with Crippen molar-refractivity contribution in [1.82, 2.24) is 30.5 Å². The fourth-order valence-corrected chi connectivity index (χ4v) is 1.42. The maximum atomic E-state index is 12.0. The highest BCUT2D eigenvalue weighted by molar-refractivity contribution is 5.92. The number of aromatic amines is 1. The first-order valence-electron chi connectivity index (χ1n) is 5.46. The molecular formula is C11H14N6O. The minimum absolute atomic E-state index is 0.271. The molecule has 0 bridgehead atoms. The number of rotatable bonds is 3. The Labute approximate surface area is 104 Å². The van der Waals surface area contributed by atoms with Gasteiger partial charge in [0.2, 0.25) is 0 Å². The van der Waals surface area contributed by atoms with Crippen LogP contribution in [0.1, 0.15) is 35.9 Å². The van der Waals surface area contributed by atoms with Crippen molar-refractivity contribution in [3.05, 3.63) is 35.9 Å². The molecule has 2 aromatic heterocycles. The van der Waals surface area contributed by atoms with Crippen LogP contribution >= 0.6 is 0 Å². The highest BCUT2D eigenvalue weighted by Gasteiger charge is 2.26. The second-order valence-electron chi connectivity index (χ2n) is 4.46. The smallest absolute Gasteiger partial charge is 0.272 e. The van der Waals surface area contributed by atoms with Crippen LogP contribution in [-0.2, 0) is 5.54 Å². The van der Waals surface area contributed by atoms with Gasteiger partial charge in [-0.2, -0.15) is 5.10 Å². The number of nitrogens with zero attached hydrogens (tertiary/aromatic N) is 4. The minimum atomic E-state index is -0.653. The van der Waals surface area contributed by atoms with Crippen molar-refractivity contribution in [1.29, 1.82) is 0 Å². The largest absolute Gasteiger partial charge is 0.338 e. The molecule has 0 aliphatic carbocycles. The first kappa shape index (κ1) is 12.2. The second kappa shape index (κ2) is 4.52. The maximum Gasteiger partial charge on any atom is 0.272 e. The predicted octanol–water partition coefficient (Wildman–Crippen LogP) is 0.568. The molecule has 7 heteroatoms. The van der Waals surface area contributed by atoms with Crippen LogP contribution in [0, 0.1) is 6.92 Å². The van der Waals surface area contributed by atoms with Crippen molar-refractivity contribution in [3.63, 3.8) is 0 Å². The Morgan fingerprint density at radius 3 is 2.61 bits per heavy atom. The first-order valence-corrected chi connectivity index (χ1v) is 5.46. The minimum Gasteiger partial charge on any atom is -0.338 e. The zero-order valence-corrected chi connectivity index (χ0v) is 10.4. The van der Waals surface area contributed by atoms with Crippen LogP contribution in [0.4, 0.5) is 0 Å². The van der Waals surface area contributed by atoms with Gasteiger partial charge in [-0.1, -0.05) is 0 Å². The van der Waals surface area contributed by atoms with E-state index in [0.29, 0.717) is 5.82 Å². The summed E-state index contributed by atoms with van der Waals surface area (Å²) >= 11 is 0. The summed E-state index contributed by atoms with van der Waals surface area (Å²) in [4.78, 5) is 24.1. The number of carbonyl (C=O) groups excluding carboxylic acids is 1. The number of amides is 1. The van der Waals surface area contributed by atoms with Crippen molar-refractivity contribution in [2.24, 2.45) is 0 Å². The van der Waals surface area contributed by atoms with Gasteiger partial charge in [0, 0.05) is 6.20 Å². The molecule has 18 heavy (non-hydrogen) atoms. The van der Waals surface area contributed by atoms with Gasteiger partial charge in [0.15, 0.2) is 0 Å². The molecule has 0 aromatic carbocycles. The van der Waals surface area contributed by atoms with Gasteiger partial charge in [0.25, 0.3) is 5.91 Å². The van der Waals surface area contributed by atoms with E-state index < -0.39 is 5.54 Å². The average molecular weight is 246 g/mol. The number of hydrogen-bond donors (Lipinski definition) is 2. The normalized spacial score (nSPS) is 11.3. The Hall–Kier alpha value is -2.31. The Kier molecular flexibility index (Phi) is 3.05. The third-order valence-corrected chi connectivity index (χ3v) is 2.45. The third kappa shape index (κ3) is 2.50. The van der Waals surface area contributed by atoms with Gasteiger partial charge in [-0.3, -0.25) is 14.9 Å². The summed E-state index contributed by atoms with van der Waals surface area (Å²) in [7, 11) is 0. The van der Waals surface area contributed by atoms with E-state index in [1.54, 1.807) is 6.20 Å². The highest BCUT2D eigenvalue weighted by atomic mass is 16.2. The van der Waals surface area contributed by atoms with E-state index in [9.17, 15) is 4.79 Å². The summed E-state index contributed by atoms with van der Waals surface area (Å²) in [5.74, 6) is 0.278. The van der Waals surface area contributed by atoms with Gasteiger partial charge in [0.05, 0.1) is 17.4 Å². The molecule has 0 spiro atoms. The average Bonchev–Trinajstić information content (AvgIpc) is 2.83. The van der Waals surface area contributed by atoms with E-state index >= 15 is 0 Å². The molecule has 2 aromatic rings. The molecule has 1 amide bonds. The molecule has 0 aliphatic heterocycles. The van der Waals surface area contributed by atoms with E-state index in [0.717, 1.165) is 5.69 Å².